The monoisotopic (exact) mass is 386 g/mol. The molecule has 28 heavy (non-hydrogen) atoms. The molecule has 9 nitrogen and oxygen atoms in total. The smallest absolute Gasteiger partial charge is 0.313 e. The van der Waals surface area contributed by atoms with Gasteiger partial charge in [-0.2, -0.15) is 0 Å². The summed E-state index contributed by atoms with van der Waals surface area (Å²) in [5.74, 6) is -0.237. The van der Waals surface area contributed by atoms with Crippen LogP contribution < -0.4 is 10.6 Å². The lowest BCUT2D eigenvalue weighted by Gasteiger charge is -2.31. The van der Waals surface area contributed by atoms with Crippen molar-refractivity contribution in [3.63, 3.8) is 0 Å². The van der Waals surface area contributed by atoms with Crippen LogP contribution in [-0.4, -0.2) is 41.3 Å². The van der Waals surface area contributed by atoms with Crippen molar-refractivity contribution in [3.8, 4) is 0 Å². The Balaban J connectivity index is 1.38. The van der Waals surface area contributed by atoms with E-state index in [1.807, 2.05) is 12.1 Å². The number of nitro groups is 1. The van der Waals surface area contributed by atoms with Crippen LogP contribution in [-0.2, 0) is 16.1 Å². The molecule has 0 atom stereocenters. The summed E-state index contributed by atoms with van der Waals surface area (Å²) in [6, 6.07) is 9.14. The van der Waals surface area contributed by atoms with Crippen LogP contribution in [0.5, 0.6) is 0 Å². The molecular weight excluding hydrogens is 364 g/mol. The third-order valence-corrected chi connectivity index (χ3v) is 4.76. The minimum atomic E-state index is -0.788. The van der Waals surface area contributed by atoms with Gasteiger partial charge in [-0.3, -0.25) is 24.6 Å². The van der Waals surface area contributed by atoms with E-state index in [0.717, 1.165) is 38.2 Å². The molecule has 2 aromatic rings. The summed E-state index contributed by atoms with van der Waals surface area (Å²) in [4.78, 5) is 36.3. The number of likely N-dealkylation sites (tertiary alicyclic amines) is 1. The predicted octanol–water partition coefficient (Wildman–Crippen LogP) is 2.15. The summed E-state index contributed by atoms with van der Waals surface area (Å²) in [7, 11) is 0. The number of nitro benzene ring substituents is 1. The third-order valence-electron chi connectivity index (χ3n) is 4.76. The first-order chi connectivity index (χ1) is 13.5. The molecule has 1 saturated heterocycles. The molecule has 1 aliphatic rings. The van der Waals surface area contributed by atoms with Crippen molar-refractivity contribution in [2.24, 2.45) is 5.92 Å². The van der Waals surface area contributed by atoms with Gasteiger partial charge in [0.05, 0.1) is 17.7 Å². The molecule has 148 valence electrons. The lowest BCUT2D eigenvalue weighted by molar-refractivity contribution is -0.384. The number of nitrogens with one attached hydrogen (secondary N) is 2. The zero-order valence-electron chi connectivity index (χ0n) is 15.3. The summed E-state index contributed by atoms with van der Waals surface area (Å²) < 4.78 is 5.36. The molecule has 1 fully saturated rings. The maximum atomic E-state index is 12.0. The highest BCUT2D eigenvalue weighted by atomic mass is 16.6. The Morgan fingerprint density at radius 2 is 1.86 bits per heavy atom. The van der Waals surface area contributed by atoms with Crippen LogP contribution in [0.1, 0.15) is 18.6 Å². The van der Waals surface area contributed by atoms with Crippen LogP contribution in [0.15, 0.2) is 47.1 Å². The number of nitrogens with zero attached hydrogens (tertiary/aromatic N) is 2. The van der Waals surface area contributed by atoms with Crippen molar-refractivity contribution < 1.29 is 18.9 Å². The van der Waals surface area contributed by atoms with Gasteiger partial charge in [-0.1, -0.05) is 0 Å². The third kappa shape index (κ3) is 5.40. The van der Waals surface area contributed by atoms with Gasteiger partial charge in [-0.25, -0.2) is 0 Å². The Bertz CT molecular complexity index is 811. The first kappa shape index (κ1) is 19.6. The van der Waals surface area contributed by atoms with E-state index < -0.39 is 16.7 Å². The van der Waals surface area contributed by atoms with E-state index in [2.05, 4.69) is 15.5 Å². The van der Waals surface area contributed by atoms with Gasteiger partial charge in [0.25, 0.3) is 5.69 Å². The maximum Gasteiger partial charge on any atom is 0.313 e. The van der Waals surface area contributed by atoms with E-state index >= 15 is 0 Å². The number of piperidine rings is 1. The van der Waals surface area contributed by atoms with Gasteiger partial charge < -0.3 is 15.1 Å². The number of hydrogen-bond acceptors (Lipinski definition) is 6. The summed E-state index contributed by atoms with van der Waals surface area (Å²) in [5.41, 5.74) is 0.248. The number of anilines is 1. The van der Waals surface area contributed by atoms with Gasteiger partial charge in [0.1, 0.15) is 5.76 Å². The van der Waals surface area contributed by atoms with Gasteiger partial charge in [-0.15, -0.1) is 0 Å². The van der Waals surface area contributed by atoms with Crippen LogP contribution in [0.25, 0.3) is 0 Å². The summed E-state index contributed by atoms with van der Waals surface area (Å²) in [6.45, 7) is 3.05. The molecule has 2 N–H and O–H groups in total. The zero-order chi connectivity index (χ0) is 19.9. The van der Waals surface area contributed by atoms with Crippen molar-refractivity contribution in [2.45, 2.75) is 19.4 Å². The van der Waals surface area contributed by atoms with Crippen molar-refractivity contribution >= 4 is 23.2 Å². The lowest BCUT2D eigenvalue weighted by Crippen LogP contribution is -2.41. The molecule has 0 unspecified atom stereocenters. The van der Waals surface area contributed by atoms with Gasteiger partial charge in [-0.05, 0) is 56.1 Å². The fraction of sp³-hybridized carbons (Fsp3) is 0.368. The molecule has 0 bridgehead atoms. The number of amides is 2. The minimum absolute atomic E-state index is 0.0826. The van der Waals surface area contributed by atoms with E-state index in [4.69, 9.17) is 4.42 Å². The first-order valence-electron chi connectivity index (χ1n) is 9.09. The molecule has 0 radical (unpaired) electrons. The molecule has 0 spiro atoms. The molecule has 1 aromatic carbocycles. The molecule has 2 heterocycles. The van der Waals surface area contributed by atoms with Gasteiger partial charge in [0, 0.05) is 24.4 Å². The van der Waals surface area contributed by atoms with Crippen LogP contribution in [0.3, 0.4) is 0 Å². The molecule has 3 rings (SSSR count). The molecule has 2 amide bonds. The zero-order valence-corrected chi connectivity index (χ0v) is 15.3. The largest absolute Gasteiger partial charge is 0.468 e. The number of rotatable bonds is 6. The second kappa shape index (κ2) is 9.14. The fourth-order valence-electron chi connectivity index (χ4n) is 3.14. The number of carbonyl (C=O) groups is 2. The molecule has 0 aliphatic carbocycles. The number of benzene rings is 1. The van der Waals surface area contributed by atoms with Gasteiger partial charge >= 0.3 is 11.8 Å². The van der Waals surface area contributed by atoms with Crippen molar-refractivity contribution in [1.82, 2.24) is 10.2 Å². The van der Waals surface area contributed by atoms with E-state index in [0.29, 0.717) is 18.2 Å². The molecule has 1 aromatic heterocycles. The average molecular weight is 386 g/mol. The van der Waals surface area contributed by atoms with Crippen LogP contribution in [0, 0.1) is 16.0 Å². The lowest BCUT2D eigenvalue weighted by atomic mass is 9.96. The highest BCUT2D eigenvalue weighted by Crippen LogP contribution is 2.19. The maximum absolute atomic E-state index is 12.0. The number of hydrogen-bond donors (Lipinski definition) is 2. The second-order valence-electron chi connectivity index (χ2n) is 6.77. The predicted molar refractivity (Wildman–Crippen MR) is 101 cm³/mol. The highest BCUT2D eigenvalue weighted by molar-refractivity contribution is 6.39. The van der Waals surface area contributed by atoms with Crippen molar-refractivity contribution in [3.05, 3.63) is 58.5 Å². The Labute approximate surface area is 161 Å². The Kier molecular flexibility index (Phi) is 6.38. The summed E-state index contributed by atoms with van der Waals surface area (Å²) in [5, 5.41) is 15.7. The van der Waals surface area contributed by atoms with Gasteiger partial charge in [0.2, 0.25) is 0 Å². The highest BCUT2D eigenvalue weighted by Gasteiger charge is 2.22. The second-order valence-corrected chi connectivity index (χ2v) is 6.77. The van der Waals surface area contributed by atoms with E-state index in [1.54, 1.807) is 6.26 Å². The van der Waals surface area contributed by atoms with Gasteiger partial charge in [0.15, 0.2) is 0 Å². The quantitative estimate of drug-likeness (QED) is 0.446. The Hall–Kier alpha value is -3.20. The number of carbonyl (C=O) groups excluding carboxylic acids is 2. The van der Waals surface area contributed by atoms with Crippen LogP contribution in [0.2, 0.25) is 0 Å². The van der Waals surface area contributed by atoms with E-state index in [1.165, 1.54) is 24.3 Å². The van der Waals surface area contributed by atoms with Crippen molar-refractivity contribution in [1.29, 1.82) is 0 Å². The van der Waals surface area contributed by atoms with Crippen molar-refractivity contribution in [2.75, 3.05) is 25.0 Å². The van der Waals surface area contributed by atoms with E-state index in [9.17, 15) is 19.7 Å². The molecular formula is C19H22N4O5. The fourth-order valence-corrected chi connectivity index (χ4v) is 3.14. The number of furan rings is 1. The summed E-state index contributed by atoms with van der Waals surface area (Å²) in [6.07, 6.45) is 3.54. The minimum Gasteiger partial charge on any atom is -0.468 e. The normalized spacial score (nSPS) is 15.1. The Morgan fingerprint density at radius 1 is 1.14 bits per heavy atom. The average Bonchev–Trinajstić information content (AvgIpc) is 3.20. The Morgan fingerprint density at radius 3 is 2.46 bits per heavy atom. The van der Waals surface area contributed by atoms with E-state index in [-0.39, 0.29) is 5.69 Å². The molecule has 9 heteroatoms. The summed E-state index contributed by atoms with van der Waals surface area (Å²) >= 11 is 0. The SMILES string of the molecule is O=C(NCC1CCN(Cc2ccco2)CC1)C(=O)Nc1ccc([N+](=O)[O-])cc1. The number of non-ortho nitro benzene ring substituents is 1. The molecule has 1 aliphatic heterocycles. The van der Waals surface area contributed by atoms with Crippen LogP contribution in [0.4, 0.5) is 11.4 Å². The molecule has 0 saturated carbocycles. The van der Waals surface area contributed by atoms with Crippen LogP contribution >= 0.6 is 0 Å². The standard InChI is InChI=1S/C19H22N4O5/c24-18(19(25)21-15-3-5-16(6-4-15)23(26)27)20-12-14-7-9-22(10-8-14)13-17-2-1-11-28-17/h1-6,11,14H,7-10,12-13H2,(H,20,24)(H,21,25). The topological polar surface area (TPSA) is 118 Å². The first-order valence-corrected chi connectivity index (χ1v) is 9.09.